The van der Waals surface area contributed by atoms with E-state index in [4.69, 9.17) is 0 Å². The third-order valence-electron chi connectivity index (χ3n) is 1.82. The Kier molecular flexibility index (Phi) is 3.62. The number of allylic oxidation sites excluding steroid dienone is 2. The molecule has 0 spiro atoms. The van der Waals surface area contributed by atoms with Crippen LogP contribution in [0.2, 0.25) is 0 Å². The van der Waals surface area contributed by atoms with Crippen LogP contribution in [0.3, 0.4) is 0 Å². The summed E-state index contributed by atoms with van der Waals surface area (Å²) in [6.45, 7) is 1.90. The topological polar surface area (TPSA) is 0 Å². The summed E-state index contributed by atoms with van der Waals surface area (Å²) in [6, 6.07) is 3.55. The van der Waals surface area contributed by atoms with Crippen molar-refractivity contribution in [1.29, 1.82) is 0 Å². The van der Waals surface area contributed by atoms with Crippen LogP contribution >= 0.6 is 0 Å². The van der Waals surface area contributed by atoms with Gasteiger partial charge in [0.15, 0.2) is 0 Å². The predicted octanol–water partition coefficient (Wildman–Crippen LogP) is 3.47. The Bertz CT molecular complexity index is 303. The Morgan fingerprint density at radius 1 is 1.31 bits per heavy atom. The Balaban J connectivity index is 2.69. The number of benzene rings is 1. The Hall–Kier alpha value is -1.18. The first kappa shape index (κ1) is 9.90. The van der Waals surface area contributed by atoms with E-state index < -0.39 is 0 Å². The molecule has 13 heavy (non-hydrogen) atoms. The Morgan fingerprint density at radius 2 is 2.08 bits per heavy atom. The lowest BCUT2D eigenvalue weighted by molar-refractivity contribution is 0.585. The van der Waals surface area contributed by atoms with E-state index in [-0.39, 0.29) is 11.6 Å². The van der Waals surface area contributed by atoms with Gasteiger partial charge in [-0.3, -0.25) is 0 Å². The molecule has 0 heterocycles. The van der Waals surface area contributed by atoms with Crippen LogP contribution < -0.4 is 0 Å². The summed E-state index contributed by atoms with van der Waals surface area (Å²) >= 11 is 0. The molecule has 0 fully saturated rings. The SMILES string of the molecule is C/C=C\CCc1cc(F)ccc1F. The van der Waals surface area contributed by atoms with E-state index in [1.807, 2.05) is 19.1 Å². The summed E-state index contributed by atoms with van der Waals surface area (Å²) in [5, 5.41) is 0. The van der Waals surface area contributed by atoms with E-state index in [0.717, 1.165) is 12.5 Å². The molecule has 1 rings (SSSR count). The highest BCUT2D eigenvalue weighted by Gasteiger charge is 2.01. The quantitative estimate of drug-likeness (QED) is 0.628. The fourth-order valence-electron chi connectivity index (χ4n) is 1.14. The fourth-order valence-corrected chi connectivity index (χ4v) is 1.14. The van der Waals surface area contributed by atoms with Gasteiger partial charge in [-0.25, -0.2) is 8.78 Å². The summed E-state index contributed by atoms with van der Waals surface area (Å²) in [6.07, 6.45) is 5.13. The second kappa shape index (κ2) is 4.75. The summed E-state index contributed by atoms with van der Waals surface area (Å²) in [5.74, 6) is -0.706. The van der Waals surface area contributed by atoms with Crippen LogP contribution in [0.5, 0.6) is 0 Å². The molecule has 0 amide bonds. The third kappa shape index (κ3) is 2.98. The maximum Gasteiger partial charge on any atom is 0.126 e. The Labute approximate surface area is 76.9 Å². The first-order valence-corrected chi connectivity index (χ1v) is 4.29. The molecule has 0 saturated heterocycles. The van der Waals surface area contributed by atoms with Gasteiger partial charge in [0.05, 0.1) is 0 Å². The number of hydrogen-bond acceptors (Lipinski definition) is 0. The summed E-state index contributed by atoms with van der Waals surface area (Å²) in [4.78, 5) is 0. The number of hydrogen-bond donors (Lipinski definition) is 0. The van der Waals surface area contributed by atoms with Crippen molar-refractivity contribution in [1.82, 2.24) is 0 Å². The highest BCUT2D eigenvalue weighted by Crippen LogP contribution is 2.11. The van der Waals surface area contributed by atoms with Crippen molar-refractivity contribution in [3.05, 3.63) is 47.5 Å². The van der Waals surface area contributed by atoms with Gasteiger partial charge in [0.1, 0.15) is 11.6 Å². The molecule has 70 valence electrons. The van der Waals surface area contributed by atoms with Gasteiger partial charge >= 0.3 is 0 Å². The second-order valence-corrected chi connectivity index (χ2v) is 2.84. The molecule has 0 aliphatic carbocycles. The van der Waals surface area contributed by atoms with Crippen molar-refractivity contribution in [2.45, 2.75) is 19.8 Å². The van der Waals surface area contributed by atoms with Crippen LogP contribution in [0.15, 0.2) is 30.4 Å². The van der Waals surface area contributed by atoms with Crippen LogP contribution in [0.4, 0.5) is 8.78 Å². The van der Waals surface area contributed by atoms with E-state index >= 15 is 0 Å². The smallest absolute Gasteiger partial charge is 0.126 e. The zero-order chi connectivity index (χ0) is 9.68. The Morgan fingerprint density at radius 3 is 2.77 bits per heavy atom. The zero-order valence-corrected chi connectivity index (χ0v) is 7.56. The van der Waals surface area contributed by atoms with Crippen LogP contribution in [-0.2, 0) is 6.42 Å². The minimum atomic E-state index is -0.378. The molecule has 1 aromatic rings. The molecule has 0 atom stereocenters. The average molecular weight is 182 g/mol. The summed E-state index contributed by atoms with van der Waals surface area (Å²) < 4.78 is 25.7. The number of halogens is 2. The normalized spacial score (nSPS) is 11.0. The van der Waals surface area contributed by atoms with Gasteiger partial charge in [0, 0.05) is 0 Å². The minimum Gasteiger partial charge on any atom is -0.207 e. The molecule has 0 saturated carbocycles. The minimum absolute atomic E-state index is 0.328. The molecule has 0 aromatic heterocycles. The van der Waals surface area contributed by atoms with Crippen molar-refractivity contribution >= 4 is 0 Å². The van der Waals surface area contributed by atoms with Gasteiger partial charge in [-0.1, -0.05) is 12.2 Å². The largest absolute Gasteiger partial charge is 0.207 e. The summed E-state index contributed by atoms with van der Waals surface area (Å²) in [5.41, 5.74) is 0.443. The highest BCUT2D eigenvalue weighted by molar-refractivity contribution is 5.19. The van der Waals surface area contributed by atoms with E-state index in [1.165, 1.54) is 12.1 Å². The molecule has 2 heteroatoms. The molecule has 1 aromatic carbocycles. The van der Waals surface area contributed by atoms with Crippen molar-refractivity contribution < 1.29 is 8.78 Å². The fraction of sp³-hybridized carbons (Fsp3) is 0.273. The molecule has 0 unspecified atom stereocenters. The summed E-state index contributed by atoms with van der Waals surface area (Å²) in [7, 11) is 0. The average Bonchev–Trinajstić information content (AvgIpc) is 2.11. The molecular weight excluding hydrogens is 170 g/mol. The van der Waals surface area contributed by atoms with Crippen molar-refractivity contribution in [2.24, 2.45) is 0 Å². The lowest BCUT2D eigenvalue weighted by Crippen LogP contribution is -1.90. The van der Waals surface area contributed by atoms with Crippen LogP contribution in [0.25, 0.3) is 0 Å². The molecule has 0 aliphatic heterocycles. The zero-order valence-electron chi connectivity index (χ0n) is 7.56. The maximum atomic E-state index is 13.0. The monoisotopic (exact) mass is 182 g/mol. The first-order chi connectivity index (χ1) is 6.24. The van der Waals surface area contributed by atoms with Crippen LogP contribution in [0.1, 0.15) is 18.9 Å². The molecular formula is C11H12F2. The second-order valence-electron chi connectivity index (χ2n) is 2.84. The van der Waals surface area contributed by atoms with Gasteiger partial charge in [-0.05, 0) is 43.5 Å². The third-order valence-corrected chi connectivity index (χ3v) is 1.82. The molecule has 0 N–H and O–H groups in total. The maximum absolute atomic E-state index is 13.0. The standard InChI is InChI=1S/C11H12F2/c1-2-3-4-5-9-8-10(12)6-7-11(9)13/h2-3,6-8H,4-5H2,1H3/b3-2-. The van der Waals surface area contributed by atoms with E-state index in [0.29, 0.717) is 12.0 Å². The lowest BCUT2D eigenvalue weighted by Gasteiger charge is -2.00. The van der Waals surface area contributed by atoms with Crippen LogP contribution in [-0.4, -0.2) is 0 Å². The van der Waals surface area contributed by atoms with E-state index in [2.05, 4.69) is 0 Å². The molecule has 0 radical (unpaired) electrons. The van der Waals surface area contributed by atoms with Crippen LogP contribution in [0, 0.1) is 11.6 Å². The van der Waals surface area contributed by atoms with Crippen molar-refractivity contribution in [2.75, 3.05) is 0 Å². The number of rotatable bonds is 3. The van der Waals surface area contributed by atoms with Gasteiger partial charge in [-0.2, -0.15) is 0 Å². The van der Waals surface area contributed by atoms with Crippen molar-refractivity contribution in [3.8, 4) is 0 Å². The highest BCUT2D eigenvalue weighted by atomic mass is 19.1. The van der Waals surface area contributed by atoms with Crippen molar-refractivity contribution in [3.63, 3.8) is 0 Å². The van der Waals surface area contributed by atoms with Gasteiger partial charge in [0.25, 0.3) is 0 Å². The van der Waals surface area contributed by atoms with E-state index in [9.17, 15) is 8.78 Å². The van der Waals surface area contributed by atoms with Gasteiger partial charge in [0.2, 0.25) is 0 Å². The van der Waals surface area contributed by atoms with Gasteiger partial charge in [-0.15, -0.1) is 0 Å². The number of aryl methyl sites for hydroxylation is 1. The molecule has 0 nitrogen and oxygen atoms in total. The lowest BCUT2D eigenvalue weighted by atomic mass is 10.1. The molecule has 0 aliphatic rings. The van der Waals surface area contributed by atoms with E-state index in [1.54, 1.807) is 0 Å². The predicted molar refractivity (Wildman–Crippen MR) is 49.5 cm³/mol. The first-order valence-electron chi connectivity index (χ1n) is 4.29. The molecule has 0 bridgehead atoms. The van der Waals surface area contributed by atoms with Gasteiger partial charge < -0.3 is 0 Å².